The van der Waals surface area contributed by atoms with Crippen LogP contribution in [-0.4, -0.2) is 6.03 Å². The lowest BCUT2D eigenvalue weighted by atomic mass is 10.0. The van der Waals surface area contributed by atoms with Crippen LogP contribution in [0, 0.1) is 0 Å². The molecule has 0 radical (unpaired) electrons. The maximum atomic E-state index is 12.0. The lowest BCUT2D eigenvalue weighted by molar-refractivity contribution is 0.262. The fourth-order valence-corrected chi connectivity index (χ4v) is 2.02. The molecule has 0 spiro atoms. The molecule has 0 aliphatic heterocycles. The molecule has 0 bridgehead atoms. The Hall–Kier alpha value is -2.49. The number of anilines is 3. The highest BCUT2D eigenvalue weighted by molar-refractivity contribution is 6.00. The van der Waals surface area contributed by atoms with Gasteiger partial charge in [0.05, 0.1) is 0 Å². The zero-order valence-corrected chi connectivity index (χ0v) is 11.7. The first-order valence-corrected chi connectivity index (χ1v) is 6.58. The van der Waals surface area contributed by atoms with Gasteiger partial charge in [-0.1, -0.05) is 38.1 Å². The van der Waals surface area contributed by atoms with Gasteiger partial charge in [0.25, 0.3) is 0 Å². The average Bonchev–Trinajstić information content (AvgIpc) is 2.38. The van der Waals surface area contributed by atoms with Gasteiger partial charge < -0.3 is 16.4 Å². The third-order valence-electron chi connectivity index (χ3n) is 2.98. The van der Waals surface area contributed by atoms with Gasteiger partial charge >= 0.3 is 6.03 Å². The van der Waals surface area contributed by atoms with Gasteiger partial charge in [-0.15, -0.1) is 0 Å². The summed E-state index contributed by atoms with van der Waals surface area (Å²) in [4.78, 5) is 12.0. The van der Waals surface area contributed by atoms with Crippen molar-refractivity contribution in [2.45, 2.75) is 19.8 Å². The molecule has 0 aromatic heterocycles. The van der Waals surface area contributed by atoms with E-state index in [0.717, 1.165) is 11.3 Å². The fourth-order valence-electron chi connectivity index (χ4n) is 2.02. The molecule has 0 aliphatic carbocycles. The number of rotatable bonds is 3. The summed E-state index contributed by atoms with van der Waals surface area (Å²) in [5.74, 6) is 0.346. The summed E-state index contributed by atoms with van der Waals surface area (Å²) in [6.07, 6.45) is 0. The Bertz CT molecular complexity index is 608. The van der Waals surface area contributed by atoms with Crippen LogP contribution in [0.2, 0.25) is 0 Å². The Balaban J connectivity index is 2.09. The predicted molar refractivity (Wildman–Crippen MR) is 84.0 cm³/mol. The quantitative estimate of drug-likeness (QED) is 0.736. The Morgan fingerprint density at radius 1 is 1.05 bits per heavy atom. The van der Waals surface area contributed by atoms with E-state index in [-0.39, 0.29) is 6.03 Å². The highest BCUT2D eigenvalue weighted by Gasteiger charge is 2.09. The van der Waals surface area contributed by atoms with Crippen LogP contribution in [0.4, 0.5) is 21.9 Å². The minimum Gasteiger partial charge on any atom is -0.399 e. The summed E-state index contributed by atoms with van der Waals surface area (Å²) in [7, 11) is 0. The average molecular weight is 269 g/mol. The molecule has 2 aromatic carbocycles. The molecule has 4 nitrogen and oxygen atoms in total. The van der Waals surface area contributed by atoms with Crippen molar-refractivity contribution in [3.05, 3.63) is 54.1 Å². The number of urea groups is 1. The number of carbonyl (C=O) groups is 1. The van der Waals surface area contributed by atoms with E-state index >= 15 is 0 Å². The van der Waals surface area contributed by atoms with Crippen molar-refractivity contribution in [3.63, 3.8) is 0 Å². The molecule has 0 unspecified atom stereocenters. The summed E-state index contributed by atoms with van der Waals surface area (Å²) < 4.78 is 0. The Kier molecular flexibility index (Phi) is 4.25. The number of amides is 2. The summed E-state index contributed by atoms with van der Waals surface area (Å²) in [5.41, 5.74) is 8.90. The third-order valence-corrected chi connectivity index (χ3v) is 2.98. The Morgan fingerprint density at radius 2 is 1.80 bits per heavy atom. The molecule has 4 N–H and O–H groups in total. The van der Waals surface area contributed by atoms with Crippen molar-refractivity contribution in [2.75, 3.05) is 16.4 Å². The van der Waals surface area contributed by atoms with Crippen molar-refractivity contribution >= 4 is 23.1 Å². The van der Waals surface area contributed by atoms with Gasteiger partial charge in [-0.3, -0.25) is 0 Å². The molecule has 0 fully saturated rings. The molecule has 2 amide bonds. The molecule has 0 aliphatic rings. The Morgan fingerprint density at radius 3 is 2.50 bits per heavy atom. The van der Waals surface area contributed by atoms with Gasteiger partial charge in [-0.25, -0.2) is 4.79 Å². The number of nitrogens with one attached hydrogen (secondary N) is 2. The first-order chi connectivity index (χ1) is 9.56. The van der Waals surface area contributed by atoms with E-state index in [9.17, 15) is 4.79 Å². The number of hydrogen-bond acceptors (Lipinski definition) is 2. The van der Waals surface area contributed by atoms with Crippen molar-refractivity contribution in [2.24, 2.45) is 0 Å². The Labute approximate surface area is 119 Å². The van der Waals surface area contributed by atoms with E-state index in [0.29, 0.717) is 17.3 Å². The smallest absolute Gasteiger partial charge is 0.323 e. The normalized spacial score (nSPS) is 10.3. The predicted octanol–water partition coefficient (Wildman–Crippen LogP) is 4.04. The molecule has 2 aromatic rings. The maximum absolute atomic E-state index is 12.0. The van der Waals surface area contributed by atoms with E-state index in [2.05, 4.69) is 24.5 Å². The monoisotopic (exact) mass is 269 g/mol. The largest absolute Gasteiger partial charge is 0.399 e. The number of para-hydroxylation sites is 1. The van der Waals surface area contributed by atoms with Crippen molar-refractivity contribution in [3.8, 4) is 0 Å². The number of carbonyl (C=O) groups excluding carboxylic acids is 1. The molecular weight excluding hydrogens is 250 g/mol. The van der Waals surface area contributed by atoms with Crippen molar-refractivity contribution in [1.82, 2.24) is 0 Å². The number of nitrogen functional groups attached to an aromatic ring is 1. The van der Waals surface area contributed by atoms with Crippen molar-refractivity contribution in [1.29, 1.82) is 0 Å². The van der Waals surface area contributed by atoms with E-state index in [1.54, 1.807) is 24.3 Å². The van der Waals surface area contributed by atoms with E-state index in [1.165, 1.54) is 0 Å². The van der Waals surface area contributed by atoms with Crippen LogP contribution in [0.1, 0.15) is 25.3 Å². The minimum atomic E-state index is -0.274. The maximum Gasteiger partial charge on any atom is 0.323 e. The summed E-state index contributed by atoms with van der Waals surface area (Å²) in [5, 5.41) is 5.64. The van der Waals surface area contributed by atoms with Gasteiger partial charge in [0.15, 0.2) is 0 Å². The van der Waals surface area contributed by atoms with E-state index < -0.39 is 0 Å². The number of benzene rings is 2. The summed E-state index contributed by atoms with van der Waals surface area (Å²) in [6, 6.07) is 14.6. The zero-order chi connectivity index (χ0) is 14.5. The molecule has 0 saturated carbocycles. The second-order valence-corrected chi connectivity index (χ2v) is 4.95. The first-order valence-electron chi connectivity index (χ1n) is 6.58. The van der Waals surface area contributed by atoms with Crippen LogP contribution in [0.25, 0.3) is 0 Å². The van der Waals surface area contributed by atoms with Crippen molar-refractivity contribution < 1.29 is 4.79 Å². The second-order valence-electron chi connectivity index (χ2n) is 4.95. The van der Waals surface area contributed by atoms with Crippen LogP contribution in [-0.2, 0) is 0 Å². The molecule has 2 rings (SSSR count). The molecule has 0 atom stereocenters. The molecule has 0 saturated heterocycles. The third kappa shape index (κ3) is 3.51. The standard InChI is InChI=1S/C16H19N3O/c1-11(2)14-8-3-4-9-15(14)19-16(20)18-13-7-5-6-12(17)10-13/h3-11H,17H2,1-2H3,(H2,18,19,20). The first kappa shape index (κ1) is 13.9. The van der Waals surface area contributed by atoms with Crippen LogP contribution >= 0.6 is 0 Å². The summed E-state index contributed by atoms with van der Waals surface area (Å²) in [6.45, 7) is 4.19. The molecule has 20 heavy (non-hydrogen) atoms. The van der Waals surface area contributed by atoms with Gasteiger partial charge in [0, 0.05) is 17.1 Å². The topological polar surface area (TPSA) is 67.2 Å². The summed E-state index contributed by atoms with van der Waals surface area (Å²) >= 11 is 0. The number of hydrogen-bond donors (Lipinski definition) is 3. The van der Waals surface area contributed by atoms with E-state index in [1.807, 2.05) is 24.3 Å². The molecule has 0 heterocycles. The minimum absolute atomic E-state index is 0.274. The molecule has 4 heteroatoms. The van der Waals surface area contributed by atoms with Gasteiger partial charge in [-0.05, 0) is 35.7 Å². The van der Waals surface area contributed by atoms with Gasteiger partial charge in [0.2, 0.25) is 0 Å². The SMILES string of the molecule is CC(C)c1ccccc1NC(=O)Nc1cccc(N)c1. The zero-order valence-electron chi connectivity index (χ0n) is 11.7. The molecule has 104 valence electrons. The lowest BCUT2D eigenvalue weighted by Gasteiger charge is -2.14. The van der Waals surface area contributed by atoms with Crippen LogP contribution < -0.4 is 16.4 Å². The number of nitrogens with two attached hydrogens (primary N) is 1. The highest BCUT2D eigenvalue weighted by atomic mass is 16.2. The van der Waals surface area contributed by atoms with Crippen LogP contribution in [0.5, 0.6) is 0 Å². The van der Waals surface area contributed by atoms with Gasteiger partial charge in [0.1, 0.15) is 0 Å². The second kappa shape index (κ2) is 6.10. The fraction of sp³-hybridized carbons (Fsp3) is 0.188. The van der Waals surface area contributed by atoms with Crippen LogP contribution in [0.3, 0.4) is 0 Å². The molecular formula is C16H19N3O. The van der Waals surface area contributed by atoms with Gasteiger partial charge in [-0.2, -0.15) is 0 Å². The lowest BCUT2D eigenvalue weighted by Crippen LogP contribution is -2.20. The van der Waals surface area contributed by atoms with Crippen LogP contribution in [0.15, 0.2) is 48.5 Å². The van der Waals surface area contributed by atoms with E-state index in [4.69, 9.17) is 5.73 Å². The highest BCUT2D eigenvalue weighted by Crippen LogP contribution is 2.23.